The Kier molecular flexibility index (Phi) is 3.70. The van der Waals surface area contributed by atoms with Gasteiger partial charge in [-0.25, -0.2) is 0 Å². The van der Waals surface area contributed by atoms with Crippen LogP contribution in [0.1, 0.15) is 19.3 Å². The molecule has 3 nitrogen and oxygen atoms in total. The first-order valence-electron chi connectivity index (χ1n) is 4.59. The van der Waals surface area contributed by atoms with Crippen LogP contribution in [0.4, 0.5) is 0 Å². The molecule has 0 spiro atoms. The molecule has 0 aliphatic heterocycles. The highest BCUT2D eigenvalue weighted by Gasteiger charge is 2.25. The second kappa shape index (κ2) is 4.83. The van der Waals surface area contributed by atoms with Crippen molar-refractivity contribution in [3.63, 3.8) is 0 Å². The van der Waals surface area contributed by atoms with Gasteiger partial charge in [-0.1, -0.05) is 41.3 Å². The molecule has 78 valence electrons. The second-order valence-electron chi connectivity index (χ2n) is 3.29. The molecule has 0 bridgehead atoms. The van der Waals surface area contributed by atoms with Crippen molar-refractivity contribution in [3.05, 3.63) is 0 Å². The van der Waals surface area contributed by atoms with Crippen LogP contribution in [0, 0.1) is 0 Å². The molecule has 2 N–H and O–H groups in total. The average Bonchev–Trinajstić information content (AvgIpc) is 2.77. The summed E-state index contributed by atoms with van der Waals surface area (Å²) in [7, 11) is 0. The maximum absolute atomic E-state index is 6.00. The zero-order chi connectivity index (χ0) is 9.97. The molecule has 1 aliphatic carbocycles. The lowest BCUT2D eigenvalue weighted by Gasteiger charge is -2.11. The number of hydrogen-bond donors (Lipinski definition) is 1. The Bertz CT molecular complexity index is 302. The van der Waals surface area contributed by atoms with Gasteiger partial charge >= 0.3 is 0 Å². The van der Waals surface area contributed by atoms with E-state index < -0.39 is 0 Å². The number of thioether (sulfide) groups is 2. The molecule has 1 aromatic heterocycles. The van der Waals surface area contributed by atoms with Gasteiger partial charge < -0.3 is 5.73 Å². The number of hydrogen-bond acceptors (Lipinski definition) is 6. The van der Waals surface area contributed by atoms with Crippen molar-refractivity contribution in [2.24, 2.45) is 5.73 Å². The highest BCUT2D eigenvalue weighted by molar-refractivity contribution is 8.03. The number of aromatic nitrogens is 2. The second-order valence-corrected chi connectivity index (χ2v) is 6.81. The van der Waals surface area contributed by atoms with Crippen molar-refractivity contribution >= 4 is 34.9 Å². The minimum Gasteiger partial charge on any atom is -0.327 e. The molecular formula is C8H13N3S3. The van der Waals surface area contributed by atoms with E-state index in [0.717, 1.165) is 15.1 Å². The van der Waals surface area contributed by atoms with Crippen LogP contribution < -0.4 is 5.73 Å². The van der Waals surface area contributed by atoms with Crippen LogP contribution in [0.25, 0.3) is 0 Å². The summed E-state index contributed by atoms with van der Waals surface area (Å²) in [5.41, 5.74) is 6.00. The van der Waals surface area contributed by atoms with E-state index in [-0.39, 0.29) is 0 Å². The molecule has 2 atom stereocenters. The maximum Gasteiger partial charge on any atom is 0.175 e. The van der Waals surface area contributed by atoms with Gasteiger partial charge in [0.2, 0.25) is 0 Å². The topological polar surface area (TPSA) is 51.8 Å². The van der Waals surface area contributed by atoms with Crippen LogP contribution >= 0.6 is 34.9 Å². The fourth-order valence-electron chi connectivity index (χ4n) is 1.56. The normalized spacial score (nSPS) is 27.0. The molecule has 1 heterocycles. The molecule has 0 radical (unpaired) electrons. The Morgan fingerprint density at radius 2 is 2.14 bits per heavy atom. The fourth-order valence-corrected chi connectivity index (χ4v) is 4.46. The van der Waals surface area contributed by atoms with Gasteiger partial charge in [0.05, 0.1) is 0 Å². The lowest BCUT2D eigenvalue weighted by molar-refractivity contribution is 0.715. The van der Waals surface area contributed by atoms with Crippen LogP contribution in [-0.4, -0.2) is 27.7 Å². The van der Waals surface area contributed by atoms with Crippen LogP contribution in [-0.2, 0) is 0 Å². The summed E-state index contributed by atoms with van der Waals surface area (Å²) in [5.74, 6) is 0. The molecule has 2 rings (SSSR count). The first kappa shape index (κ1) is 10.7. The number of nitrogens with zero attached hydrogens (tertiary/aromatic N) is 2. The third-order valence-electron chi connectivity index (χ3n) is 2.32. The Morgan fingerprint density at radius 1 is 1.36 bits per heavy atom. The van der Waals surface area contributed by atoms with Gasteiger partial charge in [-0.2, -0.15) is 0 Å². The highest BCUT2D eigenvalue weighted by atomic mass is 32.2. The van der Waals surface area contributed by atoms with E-state index in [2.05, 4.69) is 10.2 Å². The lowest BCUT2D eigenvalue weighted by Crippen LogP contribution is -2.26. The summed E-state index contributed by atoms with van der Waals surface area (Å²) >= 11 is 5.12. The third-order valence-corrected chi connectivity index (χ3v) is 5.72. The largest absolute Gasteiger partial charge is 0.327 e. The van der Waals surface area contributed by atoms with Crippen molar-refractivity contribution in [2.75, 3.05) is 6.26 Å². The van der Waals surface area contributed by atoms with Gasteiger partial charge in [0.25, 0.3) is 0 Å². The molecular weight excluding hydrogens is 234 g/mol. The predicted molar refractivity (Wildman–Crippen MR) is 63.2 cm³/mol. The molecule has 0 amide bonds. The summed E-state index contributed by atoms with van der Waals surface area (Å²) < 4.78 is 2.11. The summed E-state index contributed by atoms with van der Waals surface area (Å²) in [6, 6.07) is 0.349. The molecule has 0 saturated heterocycles. The van der Waals surface area contributed by atoms with E-state index >= 15 is 0 Å². The van der Waals surface area contributed by atoms with Crippen LogP contribution in [0.15, 0.2) is 8.68 Å². The van der Waals surface area contributed by atoms with Crippen LogP contribution in [0.2, 0.25) is 0 Å². The molecule has 2 unspecified atom stereocenters. The van der Waals surface area contributed by atoms with Crippen molar-refractivity contribution in [2.45, 2.75) is 39.2 Å². The van der Waals surface area contributed by atoms with Gasteiger partial charge in [0, 0.05) is 11.3 Å². The standard InChI is InChI=1S/C8H13N3S3/c1-12-7-10-11-8(14-7)13-6-4-2-3-5(6)9/h5-6H,2-4,9H2,1H3. The van der Waals surface area contributed by atoms with E-state index in [1.807, 2.05) is 6.26 Å². The monoisotopic (exact) mass is 247 g/mol. The number of nitrogens with two attached hydrogens (primary N) is 1. The Morgan fingerprint density at radius 3 is 2.71 bits per heavy atom. The Balaban J connectivity index is 1.96. The van der Waals surface area contributed by atoms with E-state index in [0.29, 0.717) is 11.3 Å². The third kappa shape index (κ3) is 2.42. The van der Waals surface area contributed by atoms with Crippen molar-refractivity contribution in [1.82, 2.24) is 10.2 Å². The zero-order valence-electron chi connectivity index (χ0n) is 7.97. The first-order chi connectivity index (χ1) is 6.79. The van der Waals surface area contributed by atoms with Gasteiger partial charge in [-0.05, 0) is 19.1 Å². The van der Waals surface area contributed by atoms with Crippen molar-refractivity contribution < 1.29 is 0 Å². The molecule has 1 aliphatic rings. The van der Waals surface area contributed by atoms with E-state index in [9.17, 15) is 0 Å². The van der Waals surface area contributed by atoms with Crippen molar-refractivity contribution in [1.29, 1.82) is 0 Å². The minimum atomic E-state index is 0.349. The van der Waals surface area contributed by atoms with Gasteiger partial charge in [0.15, 0.2) is 8.68 Å². The molecule has 1 aromatic rings. The van der Waals surface area contributed by atoms with Gasteiger partial charge in [-0.3, -0.25) is 0 Å². The average molecular weight is 247 g/mol. The zero-order valence-corrected chi connectivity index (χ0v) is 10.4. The van der Waals surface area contributed by atoms with E-state index in [1.54, 1.807) is 34.9 Å². The van der Waals surface area contributed by atoms with E-state index in [4.69, 9.17) is 5.73 Å². The van der Waals surface area contributed by atoms with Crippen molar-refractivity contribution in [3.8, 4) is 0 Å². The molecule has 14 heavy (non-hydrogen) atoms. The molecule has 1 fully saturated rings. The maximum atomic E-state index is 6.00. The summed E-state index contributed by atoms with van der Waals surface area (Å²) in [6.07, 6.45) is 5.66. The summed E-state index contributed by atoms with van der Waals surface area (Å²) in [4.78, 5) is 0. The highest BCUT2D eigenvalue weighted by Crippen LogP contribution is 2.36. The lowest BCUT2D eigenvalue weighted by atomic mass is 10.3. The summed E-state index contributed by atoms with van der Waals surface area (Å²) in [5, 5.41) is 8.77. The van der Waals surface area contributed by atoms with E-state index in [1.165, 1.54) is 12.8 Å². The number of rotatable bonds is 3. The molecule has 0 aromatic carbocycles. The van der Waals surface area contributed by atoms with Crippen LogP contribution in [0.5, 0.6) is 0 Å². The quantitative estimate of drug-likeness (QED) is 0.830. The fraction of sp³-hybridized carbons (Fsp3) is 0.750. The minimum absolute atomic E-state index is 0.349. The Labute approximate surface area is 96.2 Å². The smallest absolute Gasteiger partial charge is 0.175 e. The van der Waals surface area contributed by atoms with Gasteiger partial charge in [0.1, 0.15) is 0 Å². The Hall–Kier alpha value is 0.220. The predicted octanol–water partition coefficient (Wildman–Crippen LogP) is 2.23. The molecule has 6 heteroatoms. The SMILES string of the molecule is CSc1nnc(SC2CCCC2N)s1. The molecule has 1 saturated carbocycles. The van der Waals surface area contributed by atoms with Crippen LogP contribution in [0.3, 0.4) is 0 Å². The van der Waals surface area contributed by atoms with Gasteiger partial charge in [-0.15, -0.1) is 10.2 Å². The first-order valence-corrected chi connectivity index (χ1v) is 7.51. The summed E-state index contributed by atoms with van der Waals surface area (Å²) in [6.45, 7) is 0.